The average molecular weight is 346 g/mol. The van der Waals surface area contributed by atoms with Gasteiger partial charge in [-0.05, 0) is 37.6 Å². The molecule has 2 aromatic rings. The van der Waals surface area contributed by atoms with Gasteiger partial charge in [0.25, 0.3) is 0 Å². The van der Waals surface area contributed by atoms with Crippen LogP contribution < -0.4 is 10.1 Å². The fourth-order valence-corrected chi connectivity index (χ4v) is 3.52. The molecular formula is C20H24F2N2O. The first-order valence-electron chi connectivity index (χ1n) is 8.57. The summed E-state index contributed by atoms with van der Waals surface area (Å²) in [5, 5.41) is 3.47. The van der Waals surface area contributed by atoms with E-state index in [4.69, 9.17) is 4.74 Å². The van der Waals surface area contributed by atoms with Crippen LogP contribution in [-0.4, -0.2) is 37.2 Å². The fraction of sp³-hybridized carbons (Fsp3) is 0.400. The van der Waals surface area contributed by atoms with Gasteiger partial charge in [0, 0.05) is 36.8 Å². The number of ether oxygens (including phenoxy) is 1. The van der Waals surface area contributed by atoms with Crippen LogP contribution in [0.15, 0.2) is 42.5 Å². The molecule has 3 nitrogen and oxygen atoms in total. The predicted molar refractivity (Wildman–Crippen MR) is 94.8 cm³/mol. The summed E-state index contributed by atoms with van der Waals surface area (Å²) in [5.74, 6) is -0.0943. The molecule has 3 rings (SSSR count). The van der Waals surface area contributed by atoms with Crippen LogP contribution in [0.4, 0.5) is 8.78 Å². The topological polar surface area (TPSA) is 24.5 Å². The van der Waals surface area contributed by atoms with Gasteiger partial charge in [0.15, 0.2) is 0 Å². The zero-order chi connectivity index (χ0) is 18.0. The van der Waals surface area contributed by atoms with Crippen LogP contribution in [0.3, 0.4) is 0 Å². The summed E-state index contributed by atoms with van der Waals surface area (Å²) in [6.07, 6.45) is 0. The SMILES string of the molecule is COc1cc(F)ccc1C(c1ccc(F)cc1)N1C[C@@H](C)NC[C@@H]1C. The normalized spacial score (nSPS) is 22.6. The molecule has 1 aliphatic rings. The Labute approximate surface area is 147 Å². The summed E-state index contributed by atoms with van der Waals surface area (Å²) < 4.78 is 32.6. The van der Waals surface area contributed by atoms with Gasteiger partial charge in [-0.25, -0.2) is 8.78 Å². The van der Waals surface area contributed by atoms with Gasteiger partial charge in [0.1, 0.15) is 17.4 Å². The fourth-order valence-electron chi connectivity index (χ4n) is 3.52. The van der Waals surface area contributed by atoms with Crippen molar-refractivity contribution in [2.24, 2.45) is 0 Å². The van der Waals surface area contributed by atoms with Crippen LogP contribution >= 0.6 is 0 Å². The van der Waals surface area contributed by atoms with Gasteiger partial charge in [-0.2, -0.15) is 0 Å². The molecule has 0 spiro atoms. The molecule has 25 heavy (non-hydrogen) atoms. The van der Waals surface area contributed by atoms with E-state index in [9.17, 15) is 8.78 Å². The number of piperazine rings is 1. The molecule has 1 heterocycles. The van der Waals surface area contributed by atoms with Crippen molar-refractivity contribution >= 4 is 0 Å². The van der Waals surface area contributed by atoms with Crippen molar-refractivity contribution in [1.29, 1.82) is 0 Å². The number of rotatable bonds is 4. The molecule has 0 radical (unpaired) electrons. The number of methoxy groups -OCH3 is 1. The van der Waals surface area contributed by atoms with Crippen LogP contribution in [0.1, 0.15) is 31.0 Å². The molecule has 1 unspecified atom stereocenters. The molecule has 0 bridgehead atoms. The second kappa shape index (κ2) is 7.50. The van der Waals surface area contributed by atoms with Gasteiger partial charge in [0.2, 0.25) is 0 Å². The first-order chi connectivity index (χ1) is 12.0. The zero-order valence-electron chi connectivity index (χ0n) is 14.8. The van der Waals surface area contributed by atoms with Crippen LogP contribution in [0.2, 0.25) is 0 Å². The van der Waals surface area contributed by atoms with Crippen LogP contribution in [0, 0.1) is 11.6 Å². The highest BCUT2D eigenvalue weighted by Crippen LogP contribution is 2.37. The summed E-state index contributed by atoms with van der Waals surface area (Å²) in [7, 11) is 1.55. The highest BCUT2D eigenvalue weighted by atomic mass is 19.1. The quantitative estimate of drug-likeness (QED) is 0.913. The molecule has 134 valence electrons. The molecule has 1 saturated heterocycles. The van der Waals surface area contributed by atoms with E-state index in [2.05, 4.69) is 24.1 Å². The van der Waals surface area contributed by atoms with Crippen molar-refractivity contribution in [3.05, 3.63) is 65.2 Å². The summed E-state index contributed by atoms with van der Waals surface area (Å²) in [4.78, 5) is 2.37. The first kappa shape index (κ1) is 17.8. The largest absolute Gasteiger partial charge is 0.496 e. The van der Waals surface area contributed by atoms with Crippen molar-refractivity contribution in [3.8, 4) is 5.75 Å². The maximum absolute atomic E-state index is 13.7. The Hall–Kier alpha value is -1.98. The molecular weight excluding hydrogens is 322 g/mol. The molecule has 3 atom stereocenters. The Morgan fingerprint density at radius 3 is 2.44 bits per heavy atom. The van der Waals surface area contributed by atoms with Crippen molar-refractivity contribution in [3.63, 3.8) is 0 Å². The number of hydrogen-bond donors (Lipinski definition) is 1. The third-order valence-corrected chi connectivity index (χ3v) is 4.82. The third kappa shape index (κ3) is 3.83. The van der Waals surface area contributed by atoms with E-state index in [1.165, 1.54) is 24.3 Å². The third-order valence-electron chi connectivity index (χ3n) is 4.82. The Morgan fingerprint density at radius 2 is 1.76 bits per heavy atom. The van der Waals surface area contributed by atoms with Crippen LogP contribution in [0.5, 0.6) is 5.75 Å². The van der Waals surface area contributed by atoms with E-state index < -0.39 is 0 Å². The van der Waals surface area contributed by atoms with E-state index in [0.717, 1.165) is 24.2 Å². The van der Waals surface area contributed by atoms with E-state index in [0.29, 0.717) is 11.8 Å². The number of benzene rings is 2. The molecule has 5 heteroatoms. The lowest BCUT2D eigenvalue weighted by Crippen LogP contribution is -2.55. The Morgan fingerprint density at radius 1 is 1.08 bits per heavy atom. The Bertz CT molecular complexity index is 720. The monoisotopic (exact) mass is 346 g/mol. The minimum absolute atomic E-state index is 0.129. The Balaban J connectivity index is 2.10. The molecule has 0 aliphatic carbocycles. The lowest BCUT2D eigenvalue weighted by atomic mass is 9.93. The second-order valence-corrected chi connectivity index (χ2v) is 6.70. The maximum Gasteiger partial charge on any atom is 0.126 e. The summed E-state index contributed by atoms with van der Waals surface area (Å²) in [5.41, 5.74) is 1.85. The number of hydrogen-bond acceptors (Lipinski definition) is 3. The average Bonchev–Trinajstić information content (AvgIpc) is 2.60. The van der Waals surface area contributed by atoms with Gasteiger partial charge < -0.3 is 10.1 Å². The Kier molecular flexibility index (Phi) is 5.35. The number of halogens is 2. The summed E-state index contributed by atoms with van der Waals surface area (Å²) in [6.45, 7) is 6.00. The molecule has 2 aromatic carbocycles. The molecule has 0 aromatic heterocycles. The molecule has 0 amide bonds. The smallest absolute Gasteiger partial charge is 0.126 e. The zero-order valence-corrected chi connectivity index (χ0v) is 14.8. The van der Waals surface area contributed by atoms with Crippen molar-refractivity contribution in [2.45, 2.75) is 32.0 Å². The van der Waals surface area contributed by atoms with Crippen molar-refractivity contribution < 1.29 is 13.5 Å². The van der Waals surface area contributed by atoms with Crippen molar-refractivity contribution in [1.82, 2.24) is 10.2 Å². The molecule has 1 N–H and O–H groups in total. The summed E-state index contributed by atoms with van der Waals surface area (Å²) in [6, 6.07) is 11.6. The first-order valence-corrected chi connectivity index (χ1v) is 8.57. The van der Waals surface area contributed by atoms with Gasteiger partial charge in [-0.15, -0.1) is 0 Å². The van der Waals surface area contributed by atoms with Gasteiger partial charge >= 0.3 is 0 Å². The second-order valence-electron chi connectivity index (χ2n) is 6.70. The highest BCUT2D eigenvalue weighted by molar-refractivity contribution is 5.42. The molecule has 1 aliphatic heterocycles. The van der Waals surface area contributed by atoms with E-state index in [1.54, 1.807) is 25.3 Å². The lowest BCUT2D eigenvalue weighted by molar-refractivity contribution is 0.111. The molecule has 0 saturated carbocycles. The highest BCUT2D eigenvalue weighted by Gasteiger charge is 2.32. The minimum atomic E-state index is -0.333. The maximum atomic E-state index is 13.7. The number of nitrogens with zero attached hydrogens (tertiary/aromatic N) is 1. The molecule has 1 fully saturated rings. The van der Waals surface area contributed by atoms with E-state index in [-0.39, 0.29) is 23.7 Å². The lowest BCUT2D eigenvalue weighted by Gasteiger charge is -2.43. The van der Waals surface area contributed by atoms with Crippen molar-refractivity contribution in [2.75, 3.05) is 20.2 Å². The van der Waals surface area contributed by atoms with Gasteiger partial charge in [-0.3, -0.25) is 4.90 Å². The van der Waals surface area contributed by atoms with Gasteiger partial charge in [-0.1, -0.05) is 18.2 Å². The van der Waals surface area contributed by atoms with E-state index >= 15 is 0 Å². The van der Waals surface area contributed by atoms with Crippen LogP contribution in [-0.2, 0) is 0 Å². The summed E-state index contributed by atoms with van der Waals surface area (Å²) >= 11 is 0. The van der Waals surface area contributed by atoms with E-state index in [1.807, 2.05) is 0 Å². The standard InChI is InChI=1S/C20H24F2N2O/c1-13-12-24(14(2)11-23-13)20(15-4-6-16(21)7-5-15)18-9-8-17(22)10-19(18)25-3/h4-10,13-14,20,23H,11-12H2,1-3H3/t13-,14+,20?/m1/s1. The van der Waals surface area contributed by atoms with Gasteiger partial charge in [0.05, 0.1) is 13.2 Å². The predicted octanol–water partition coefficient (Wildman–Crippen LogP) is 3.75. The van der Waals surface area contributed by atoms with Crippen LogP contribution in [0.25, 0.3) is 0 Å². The minimum Gasteiger partial charge on any atom is -0.496 e. The number of nitrogens with one attached hydrogen (secondary N) is 1.